The molecule has 2 saturated heterocycles. The lowest BCUT2D eigenvalue weighted by Crippen LogP contribution is -2.64. The first-order chi connectivity index (χ1) is 15.5. The van der Waals surface area contributed by atoms with Gasteiger partial charge in [0.05, 0.1) is 18.0 Å². The van der Waals surface area contributed by atoms with Crippen LogP contribution in [0.15, 0.2) is 23.8 Å². The molecule has 34 heavy (non-hydrogen) atoms. The smallest absolute Gasteiger partial charge is 0.264 e. The molecule has 0 aromatic heterocycles. The zero-order valence-electron chi connectivity index (χ0n) is 21.6. The van der Waals surface area contributed by atoms with Gasteiger partial charge in [0.1, 0.15) is 11.7 Å². The zero-order valence-corrected chi connectivity index (χ0v) is 23.5. The SMILES string of the molecule is CC(C)(C)[Si](C)(C)O[C@H]1CC[C@@H]2[C@]1(C)CCC1C(OS(C)(=O)=O)C3=CC(=O)C=C[C@]34CC[C@@]12O4. The molecule has 2 aliphatic heterocycles. The number of ether oxygens (including phenoxy) is 1. The number of hydrogen-bond donors (Lipinski definition) is 0. The molecule has 2 unspecified atom stereocenters. The van der Waals surface area contributed by atoms with E-state index in [9.17, 15) is 13.2 Å². The Kier molecular flexibility index (Phi) is 5.39. The summed E-state index contributed by atoms with van der Waals surface area (Å²) < 4.78 is 44.6. The van der Waals surface area contributed by atoms with E-state index in [1.807, 2.05) is 6.08 Å². The number of carbonyl (C=O) groups is 1. The third-order valence-corrected chi connectivity index (χ3v) is 15.3. The molecule has 0 N–H and O–H groups in total. The standard InChI is InChI=1S/C26H40O6SSi/c1-23(2,3)34(6,7)31-21-9-8-20-24(21,4)12-11-18-22(30-33(5,28)29)19-16-17(27)10-13-25(19)14-15-26(18,20)32-25/h10,13,16,18,20-22H,8-9,11-12,14-15H2,1-7H3/t18?,20-,21+,22?,24+,25+,26-/m1/s1. The molecule has 0 aromatic rings. The topological polar surface area (TPSA) is 78.9 Å². The molecule has 7 atom stereocenters. The fraction of sp³-hybridized carbons (Fsp3) is 0.808. The number of ketones is 1. The number of hydrogen-bond acceptors (Lipinski definition) is 6. The van der Waals surface area contributed by atoms with Crippen LogP contribution in [0.2, 0.25) is 18.1 Å². The highest BCUT2D eigenvalue weighted by atomic mass is 32.2. The van der Waals surface area contributed by atoms with Crippen LogP contribution in [0.3, 0.4) is 0 Å². The summed E-state index contributed by atoms with van der Waals surface area (Å²) in [6, 6.07) is 0. The Morgan fingerprint density at radius 2 is 1.82 bits per heavy atom. The third kappa shape index (κ3) is 3.50. The summed E-state index contributed by atoms with van der Waals surface area (Å²) in [5, 5.41) is 0.142. The number of fused-ring (bicyclic) bond motifs is 1. The molecule has 8 heteroatoms. The van der Waals surface area contributed by atoms with E-state index in [1.165, 1.54) is 0 Å². The minimum Gasteiger partial charge on any atom is -0.413 e. The van der Waals surface area contributed by atoms with Crippen LogP contribution in [0.25, 0.3) is 0 Å². The van der Waals surface area contributed by atoms with E-state index in [0.717, 1.165) is 44.8 Å². The molecule has 0 radical (unpaired) electrons. The predicted octanol–water partition coefficient (Wildman–Crippen LogP) is 4.91. The predicted molar refractivity (Wildman–Crippen MR) is 133 cm³/mol. The molecule has 2 bridgehead atoms. The summed E-state index contributed by atoms with van der Waals surface area (Å²) >= 11 is 0. The van der Waals surface area contributed by atoms with Gasteiger partial charge in [-0.15, -0.1) is 0 Å². The summed E-state index contributed by atoms with van der Waals surface area (Å²) in [5.41, 5.74) is -0.533. The normalized spacial score (nSPS) is 43.9. The van der Waals surface area contributed by atoms with Gasteiger partial charge in [-0.1, -0.05) is 27.7 Å². The number of carbonyl (C=O) groups excluding carboxylic acids is 1. The second-order valence-electron chi connectivity index (χ2n) is 13.2. The summed E-state index contributed by atoms with van der Waals surface area (Å²) in [6.45, 7) is 13.9. The molecule has 6 nitrogen and oxygen atoms in total. The van der Waals surface area contributed by atoms with Crippen molar-refractivity contribution in [1.29, 1.82) is 0 Å². The van der Waals surface area contributed by atoms with Crippen molar-refractivity contribution in [3.8, 4) is 0 Å². The Labute approximate surface area is 205 Å². The van der Waals surface area contributed by atoms with Crippen molar-refractivity contribution in [3.05, 3.63) is 23.8 Å². The van der Waals surface area contributed by atoms with Crippen molar-refractivity contribution in [1.82, 2.24) is 0 Å². The highest BCUT2D eigenvalue weighted by molar-refractivity contribution is 7.86. The Bertz CT molecular complexity index is 1070. The van der Waals surface area contributed by atoms with Crippen LogP contribution in [0.4, 0.5) is 0 Å². The molecule has 4 fully saturated rings. The van der Waals surface area contributed by atoms with E-state index in [0.29, 0.717) is 5.57 Å². The van der Waals surface area contributed by atoms with Crippen LogP contribution in [-0.4, -0.2) is 52.2 Å². The van der Waals surface area contributed by atoms with Crippen molar-refractivity contribution in [2.45, 2.75) is 108 Å². The lowest BCUT2D eigenvalue weighted by molar-refractivity contribution is -0.223. The molecule has 190 valence electrons. The van der Waals surface area contributed by atoms with Crippen molar-refractivity contribution in [3.63, 3.8) is 0 Å². The molecule has 0 aromatic carbocycles. The molecule has 0 amide bonds. The van der Waals surface area contributed by atoms with Crippen molar-refractivity contribution < 1.29 is 26.6 Å². The van der Waals surface area contributed by atoms with Crippen LogP contribution >= 0.6 is 0 Å². The maximum absolute atomic E-state index is 12.3. The Hall–Kier alpha value is -0.803. The average Bonchev–Trinajstić information content (AvgIpc) is 3.19. The van der Waals surface area contributed by atoms with E-state index in [4.69, 9.17) is 13.3 Å². The molecule has 3 aliphatic carbocycles. The van der Waals surface area contributed by atoms with E-state index in [1.54, 1.807) is 12.2 Å². The fourth-order valence-corrected chi connectivity index (χ4v) is 9.64. The second-order valence-corrected chi connectivity index (χ2v) is 19.5. The van der Waals surface area contributed by atoms with Crippen molar-refractivity contribution in [2.75, 3.05) is 6.26 Å². The first kappa shape index (κ1) is 24.9. The maximum Gasteiger partial charge on any atom is 0.264 e. The molecule has 5 rings (SSSR count). The zero-order chi connectivity index (χ0) is 24.9. The summed E-state index contributed by atoms with van der Waals surface area (Å²) in [7, 11) is -5.65. The van der Waals surface area contributed by atoms with Gasteiger partial charge in [-0.05, 0) is 91.8 Å². The highest BCUT2D eigenvalue weighted by Crippen LogP contribution is 2.69. The fourth-order valence-electron chi connectivity index (χ4n) is 7.58. The largest absolute Gasteiger partial charge is 0.413 e. The monoisotopic (exact) mass is 508 g/mol. The Balaban J connectivity index is 1.54. The first-order valence-electron chi connectivity index (χ1n) is 12.7. The first-order valence-corrected chi connectivity index (χ1v) is 17.5. The van der Waals surface area contributed by atoms with Gasteiger partial charge in [0, 0.05) is 5.92 Å². The van der Waals surface area contributed by atoms with Crippen LogP contribution in [0, 0.1) is 17.3 Å². The number of rotatable bonds is 4. The van der Waals surface area contributed by atoms with Gasteiger partial charge in [-0.2, -0.15) is 8.42 Å². The van der Waals surface area contributed by atoms with Gasteiger partial charge >= 0.3 is 0 Å². The van der Waals surface area contributed by atoms with Crippen LogP contribution in [-0.2, 0) is 28.3 Å². The van der Waals surface area contributed by atoms with Gasteiger partial charge in [0.25, 0.3) is 10.1 Å². The molecular weight excluding hydrogens is 468 g/mol. The van der Waals surface area contributed by atoms with Gasteiger partial charge in [0.15, 0.2) is 14.1 Å². The van der Waals surface area contributed by atoms with Crippen LogP contribution in [0.1, 0.15) is 66.2 Å². The summed E-state index contributed by atoms with van der Waals surface area (Å²) in [4.78, 5) is 12.3. The third-order valence-electron chi connectivity index (χ3n) is 10.2. The lowest BCUT2D eigenvalue weighted by Gasteiger charge is -2.60. The molecule has 2 saturated carbocycles. The van der Waals surface area contributed by atoms with Gasteiger partial charge in [-0.25, -0.2) is 0 Å². The Morgan fingerprint density at radius 3 is 2.47 bits per heavy atom. The van der Waals surface area contributed by atoms with Crippen LogP contribution < -0.4 is 0 Å². The van der Waals surface area contributed by atoms with Crippen LogP contribution in [0.5, 0.6) is 0 Å². The van der Waals surface area contributed by atoms with E-state index in [-0.39, 0.29) is 34.2 Å². The van der Waals surface area contributed by atoms with Gasteiger partial charge in [0.2, 0.25) is 0 Å². The minimum absolute atomic E-state index is 0.0252. The molecule has 2 spiro atoms. The highest BCUT2D eigenvalue weighted by Gasteiger charge is 2.72. The van der Waals surface area contributed by atoms with Crippen molar-refractivity contribution >= 4 is 24.2 Å². The molecular formula is C26H40O6SSi. The average molecular weight is 509 g/mol. The second kappa shape index (κ2) is 7.37. The molecule has 2 heterocycles. The Morgan fingerprint density at radius 1 is 1.12 bits per heavy atom. The minimum atomic E-state index is -3.71. The van der Waals surface area contributed by atoms with E-state index < -0.39 is 35.7 Å². The molecule has 5 aliphatic rings. The lowest BCUT2D eigenvalue weighted by atomic mass is 9.55. The summed E-state index contributed by atoms with van der Waals surface area (Å²) in [6.07, 6.45) is 11.0. The van der Waals surface area contributed by atoms with E-state index >= 15 is 0 Å². The summed E-state index contributed by atoms with van der Waals surface area (Å²) in [5.74, 6) is 0.0503. The quantitative estimate of drug-likeness (QED) is 0.396. The van der Waals surface area contributed by atoms with E-state index in [2.05, 4.69) is 40.8 Å². The van der Waals surface area contributed by atoms with Crippen molar-refractivity contribution in [2.24, 2.45) is 17.3 Å². The van der Waals surface area contributed by atoms with Gasteiger partial charge in [-0.3, -0.25) is 8.98 Å². The maximum atomic E-state index is 12.3. The number of allylic oxidation sites excluding steroid dienone is 2. The van der Waals surface area contributed by atoms with Gasteiger partial charge < -0.3 is 9.16 Å².